The first-order chi connectivity index (χ1) is 0. The summed E-state index contributed by atoms with van der Waals surface area (Å²) in [5, 5.41) is 0. The molecule has 0 aromatic heterocycles. The second-order valence-corrected chi connectivity index (χ2v) is 0. The van der Waals surface area contributed by atoms with Crippen molar-refractivity contribution in [2.24, 2.45) is 0 Å². The molecule has 2 nitrogen and oxygen atoms in total. The standard InChI is InChI=1S/4HI.2H3N/h4*1H;2*1H3. The van der Waals surface area contributed by atoms with Gasteiger partial charge < -0.3 is 12.3 Å². The van der Waals surface area contributed by atoms with Crippen molar-refractivity contribution in [2.45, 2.75) is 0 Å². The fraction of sp³-hybridized carbons (Fsp3) is 0. The van der Waals surface area contributed by atoms with E-state index >= 15 is 0 Å². The first kappa shape index (κ1) is 67.4. The van der Waals surface area contributed by atoms with Crippen molar-refractivity contribution in [2.75, 3.05) is 0 Å². The van der Waals surface area contributed by atoms with E-state index in [1.54, 1.807) is 0 Å². The van der Waals surface area contributed by atoms with Gasteiger partial charge in [-0.25, -0.2) is 0 Å². The lowest BCUT2D eigenvalue weighted by atomic mass is 14.0. The smallest absolute Gasteiger partial charge is 0.107 e. The first-order valence-corrected chi connectivity index (χ1v) is 0. The summed E-state index contributed by atoms with van der Waals surface area (Å²) in [5.74, 6) is 0. The Balaban J connectivity index is 0. The summed E-state index contributed by atoms with van der Waals surface area (Å²) in [7, 11) is 0. The maximum Gasteiger partial charge on any atom is -0.107 e. The highest BCUT2D eigenvalue weighted by Gasteiger charge is -0.104. The average Bonchev–Trinajstić information content (AvgIpc) is 0. The van der Waals surface area contributed by atoms with Crippen molar-refractivity contribution < 1.29 is 0 Å². The van der Waals surface area contributed by atoms with Gasteiger partial charge in [0.1, 0.15) is 0 Å². The van der Waals surface area contributed by atoms with Gasteiger partial charge in [0, 0.05) is 0 Å². The van der Waals surface area contributed by atoms with E-state index in [9.17, 15) is 0 Å². The zero-order chi connectivity index (χ0) is 0. The molecule has 0 aromatic carbocycles. The van der Waals surface area contributed by atoms with Gasteiger partial charge in [-0.3, -0.25) is 0 Å². The molecule has 0 aliphatic carbocycles. The maximum absolute atomic E-state index is 0. The molecule has 0 bridgehead atoms. The third-order valence-corrected chi connectivity index (χ3v) is 0. The Labute approximate surface area is 106 Å². The third-order valence-electron chi connectivity index (χ3n) is 0. The summed E-state index contributed by atoms with van der Waals surface area (Å²) in [4.78, 5) is 0. The Morgan fingerprint density at radius 3 is 0.333 bits per heavy atom. The third kappa shape index (κ3) is 28.9. The monoisotopic (exact) mass is 546 g/mol. The summed E-state index contributed by atoms with van der Waals surface area (Å²) in [6.45, 7) is 0. The molecule has 0 aliphatic rings. The second kappa shape index (κ2) is 45.5. The van der Waals surface area contributed by atoms with E-state index in [-0.39, 0.29) is 108 Å². The van der Waals surface area contributed by atoms with Gasteiger partial charge in [0.25, 0.3) is 0 Å². The minimum atomic E-state index is 0. The second-order valence-electron chi connectivity index (χ2n) is 0. The molecule has 0 radical (unpaired) electrons. The number of rotatable bonds is 0. The minimum Gasteiger partial charge on any atom is -0.344 e. The van der Waals surface area contributed by atoms with Gasteiger partial charge in [-0.1, -0.05) is 0 Å². The van der Waals surface area contributed by atoms with E-state index in [0.29, 0.717) is 0 Å². The fourth-order valence-corrected chi connectivity index (χ4v) is 0. The maximum atomic E-state index is 0. The van der Waals surface area contributed by atoms with Crippen LogP contribution in [-0.2, 0) is 0 Å². The van der Waals surface area contributed by atoms with Crippen LogP contribution in [0.25, 0.3) is 0 Å². The molecule has 0 atom stereocenters. The van der Waals surface area contributed by atoms with Crippen LogP contribution in [0, 0.1) is 0 Å². The largest absolute Gasteiger partial charge is 0.344 e. The van der Waals surface area contributed by atoms with Crippen LogP contribution in [-0.4, -0.2) is 0 Å². The number of halogens is 4. The van der Waals surface area contributed by atoms with Crippen molar-refractivity contribution in [1.29, 1.82) is 0 Å². The summed E-state index contributed by atoms with van der Waals surface area (Å²) in [6, 6.07) is 0. The molecule has 0 saturated carbocycles. The molecule has 6 N–H and O–H groups in total. The van der Waals surface area contributed by atoms with Crippen molar-refractivity contribution in [3.05, 3.63) is 0 Å². The zero-order valence-corrected chi connectivity index (χ0v) is 12.4. The molecule has 6 heteroatoms. The summed E-state index contributed by atoms with van der Waals surface area (Å²) in [6.07, 6.45) is 0. The highest BCUT2D eigenvalue weighted by atomic mass is 127. The Hall–Kier alpha value is 2.84. The predicted molar refractivity (Wildman–Crippen MR) is 71.7 cm³/mol. The molecule has 0 aliphatic heterocycles. The van der Waals surface area contributed by atoms with E-state index in [1.165, 1.54) is 0 Å². The SMILES string of the molecule is I.I.I.I.N.N. The number of hydrogen-bond donors (Lipinski definition) is 2. The van der Waals surface area contributed by atoms with E-state index in [0.717, 1.165) is 0 Å². The van der Waals surface area contributed by atoms with Crippen LogP contribution in [0.2, 0.25) is 0 Å². The summed E-state index contributed by atoms with van der Waals surface area (Å²) >= 11 is 0. The quantitative estimate of drug-likeness (QED) is 0.460. The molecule has 0 heterocycles. The molecule has 0 saturated heterocycles. The van der Waals surface area contributed by atoms with Gasteiger partial charge in [-0.2, -0.15) is 0 Å². The Morgan fingerprint density at radius 1 is 0.333 bits per heavy atom. The molecule has 48 valence electrons. The van der Waals surface area contributed by atoms with Gasteiger partial charge in [0.2, 0.25) is 0 Å². The van der Waals surface area contributed by atoms with Crippen LogP contribution < -0.4 is 12.3 Å². The van der Waals surface area contributed by atoms with Crippen molar-refractivity contribution in [3.8, 4) is 0 Å². The molecule has 0 unspecified atom stereocenters. The first-order valence-electron chi connectivity index (χ1n) is 0. The normalized spacial score (nSPS) is 0. The Kier molecular flexibility index (Phi) is 511. The molecule has 0 fully saturated rings. The Bertz CT molecular complexity index is 5.51. The van der Waals surface area contributed by atoms with E-state index < -0.39 is 0 Å². The predicted octanol–water partition coefficient (Wildman–Crippen LogP) is 2.80. The fourth-order valence-electron chi connectivity index (χ4n) is 0. The van der Waals surface area contributed by atoms with Gasteiger partial charge in [-0.15, -0.1) is 95.9 Å². The average molecular weight is 546 g/mol. The molecule has 0 amide bonds. The van der Waals surface area contributed by atoms with Crippen LogP contribution >= 0.6 is 95.9 Å². The summed E-state index contributed by atoms with van der Waals surface area (Å²) < 4.78 is 0. The molecule has 0 rings (SSSR count). The van der Waals surface area contributed by atoms with Crippen molar-refractivity contribution >= 4 is 95.9 Å². The lowest BCUT2D eigenvalue weighted by molar-refractivity contribution is 2.13. The van der Waals surface area contributed by atoms with Crippen LogP contribution in [0.3, 0.4) is 0 Å². The topological polar surface area (TPSA) is 70.0 Å². The van der Waals surface area contributed by atoms with Crippen LogP contribution in [0.4, 0.5) is 0 Å². The van der Waals surface area contributed by atoms with Gasteiger partial charge in [0.05, 0.1) is 0 Å². The number of hydrogen-bond acceptors (Lipinski definition) is 2. The lowest BCUT2D eigenvalue weighted by Crippen LogP contribution is -0.482. The van der Waals surface area contributed by atoms with Crippen LogP contribution in [0.1, 0.15) is 0 Å². The van der Waals surface area contributed by atoms with E-state index in [2.05, 4.69) is 0 Å². The van der Waals surface area contributed by atoms with E-state index in [1.807, 2.05) is 0 Å². The van der Waals surface area contributed by atoms with Crippen LogP contribution in [0.5, 0.6) is 0 Å². The van der Waals surface area contributed by atoms with Crippen molar-refractivity contribution in [1.82, 2.24) is 12.3 Å². The van der Waals surface area contributed by atoms with E-state index in [4.69, 9.17) is 0 Å². The zero-order valence-electron chi connectivity index (χ0n) is 3.05. The van der Waals surface area contributed by atoms with Gasteiger partial charge >= 0.3 is 0 Å². The molecular formula is H10I4N2. The highest BCUT2D eigenvalue weighted by molar-refractivity contribution is 14.0. The molecule has 0 aromatic rings. The van der Waals surface area contributed by atoms with Crippen molar-refractivity contribution in [3.63, 3.8) is 0 Å². The van der Waals surface area contributed by atoms with Gasteiger partial charge in [-0.05, 0) is 0 Å². The van der Waals surface area contributed by atoms with Gasteiger partial charge in [0.15, 0.2) is 0 Å². The molecule has 6 heavy (non-hydrogen) atoms. The Morgan fingerprint density at radius 2 is 0.333 bits per heavy atom. The molecule has 0 spiro atoms. The summed E-state index contributed by atoms with van der Waals surface area (Å²) in [5.41, 5.74) is 0. The molecular weight excluding hydrogens is 536 g/mol. The highest BCUT2D eigenvalue weighted by Crippen LogP contribution is 0.889. The van der Waals surface area contributed by atoms with Crippen LogP contribution in [0.15, 0.2) is 0 Å². The lowest BCUT2D eigenvalue weighted by Gasteiger charge is -0.345. The minimum absolute atomic E-state index is 0.